The van der Waals surface area contributed by atoms with E-state index in [2.05, 4.69) is 0 Å². The molecule has 1 aliphatic carbocycles. The summed E-state index contributed by atoms with van der Waals surface area (Å²) in [5.41, 5.74) is -1.36. The van der Waals surface area contributed by atoms with Gasteiger partial charge in [-0.3, -0.25) is 14.4 Å². The van der Waals surface area contributed by atoms with Gasteiger partial charge in [0.1, 0.15) is 5.92 Å². The van der Waals surface area contributed by atoms with E-state index < -0.39 is 41.1 Å². The quantitative estimate of drug-likeness (QED) is 0.458. The molecule has 1 fully saturated rings. The fraction of sp³-hybridized carbons (Fsp3) is 0.625. The Morgan fingerprint density at radius 1 is 1.09 bits per heavy atom. The van der Waals surface area contributed by atoms with Crippen LogP contribution >= 0.6 is 0 Å². The number of Topliss-reactive ketones (excluding diaryl/α,β-unsaturated/α-hetero) is 1. The second-order valence-corrected chi connectivity index (χ2v) is 9.46. The Morgan fingerprint density at radius 3 is 2.19 bits per heavy atom. The smallest absolute Gasteiger partial charge is 0.317 e. The number of benzene rings is 1. The van der Waals surface area contributed by atoms with E-state index in [-0.39, 0.29) is 43.0 Å². The SMILES string of the molecule is COc1cc([C@H]2[C@H](C(=O)OCC(C)C)C(=O)C[C@](C)(O)[C@H]2C(=O)OCC(C)C)ccc1O. The molecule has 0 spiro atoms. The van der Waals surface area contributed by atoms with E-state index in [0.717, 1.165) is 0 Å². The lowest BCUT2D eigenvalue weighted by Gasteiger charge is -2.43. The zero-order valence-electron chi connectivity index (χ0n) is 19.6. The highest BCUT2D eigenvalue weighted by Crippen LogP contribution is 2.48. The van der Waals surface area contributed by atoms with Gasteiger partial charge in [0.25, 0.3) is 0 Å². The molecular formula is C24H34O8. The van der Waals surface area contributed by atoms with E-state index in [1.54, 1.807) is 0 Å². The summed E-state index contributed by atoms with van der Waals surface area (Å²) in [5, 5.41) is 21.1. The molecule has 0 bridgehead atoms. The first-order valence-corrected chi connectivity index (χ1v) is 10.8. The first-order chi connectivity index (χ1) is 14.9. The highest BCUT2D eigenvalue weighted by Gasteiger charge is 2.57. The Bertz CT molecular complexity index is 842. The summed E-state index contributed by atoms with van der Waals surface area (Å²) < 4.78 is 16.0. The monoisotopic (exact) mass is 450 g/mol. The van der Waals surface area contributed by atoms with Gasteiger partial charge in [-0.2, -0.15) is 0 Å². The van der Waals surface area contributed by atoms with E-state index in [9.17, 15) is 24.6 Å². The van der Waals surface area contributed by atoms with Gasteiger partial charge in [-0.15, -0.1) is 0 Å². The summed E-state index contributed by atoms with van der Waals surface area (Å²) >= 11 is 0. The molecule has 8 heteroatoms. The molecule has 0 aliphatic heterocycles. The van der Waals surface area contributed by atoms with Crippen LogP contribution in [0.5, 0.6) is 11.5 Å². The van der Waals surface area contributed by atoms with Crippen LogP contribution in [0.1, 0.15) is 52.5 Å². The van der Waals surface area contributed by atoms with Crippen molar-refractivity contribution in [3.63, 3.8) is 0 Å². The number of aliphatic hydroxyl groups is 1. The van der Waals surface area contributed by atoms with Crippen molar-refractivity contribution >= 4 is 17.7 Å². The molecule has 0 aromatic heterocycles. The third-order valence-electron chi connectivity index (χ3n) is 5.48. The van der Waals surface area contributed by atoms with Crippen molar-refractivity contribution in [2.75, 3.05) is 20.3 Å². The van der Waals surface area contributed by atoms with Crippen molar-refractivity contribution in [1.82, 2.24) is 0 Å². The van der Waals surface area contributed by atoms with Crippen molar-refractivity contribution in [3.8, 4) is 11.5 Å². The molecule has 2 rings (SSSR count). The van der Waals surface area contributed by atoms with Crippen molar-refractivity contribution in [2.24, 2.45) is 23.7 Å². The summed E-state index contributed by atoms with van der Waals surface area (Å²) in [6, 6.07) is 4.32. The molecule has 4 atom stereocenters. The number of hydrogen-bond donors (Lipinski definition) is 2. The fourth-order valence-electron chi connectivity index (χ4n) is 3.99. The van der Waals surface area contributed by atoms with Crippen LogP contribution in [0.3, 0.4) is 0 Å². The van der Waals surface area contributed by atoms with E-state index >= 15 is 0 Å². The summed E-state index contributed by atoms with van der Waals surface area (Å²) in [6.45, 7) is 9.14. The largest absolute Gasteiger partial charge is 0.504 e. The molecule has 32 heavy (non-hydrogen) atoms. The van der Waals surface area contributed by atoms with Crippen LogP contribution in [0.2, 0.25) is 0 Å². The number of hydrogen-bond acceptors (Lipinski definition) is 8. The molecule has 178 valence electrons. The molecular weight excluding hydrogens is 416 g/mol. The van der Waals surface area contributed by atoms with Crippen LogP contribution in [-0.2, 0) is 23.9 Å². The Balaban J connectivity index is 2.59. The van der Waals surface area contributed by atoms with Crippen LogP contribution in [0.4, 0.5) is 0 Å². The Labute approximate surface area is 188 Å². The number of phenolic OH excluding ortho intramolecular Hbond substituents is 1. The molecule has 0 heterocycles. The maximum Gasteiger partial charge on any atom is 0.317 e. The number of esters is 2. The molecule has 2 N–H and O–H groups in total. The van der Waals surface area contributed by atoms with Crippen molar-refractivity contribution in [2.45, 2.75) is 52.6 Å². The molecule has 1 aromatic carbocycles. The summed E-state index contributed by atoms with van der Waals surface area (Å²) in [4.78, 5) is 39.2. The number of carbonyl (C=O) groups excluding carboxylic acids is 3. The van der Waals surface area contributed by atoms with Crippen molar-refractivity contribution < 1.29 is 38.8 Å². The standard InChI is InChI=1S/C24H34O8/c1-13(2)11-31-22(27)20-17(26)10-24(5,29)21(23(28)32-12-14(3)4)19(20)15-7-8-16(25)18(9-15)30-6/h7-9,13-14,19-21,25,29H,10-12H2,1-6H3/t19-,20+,21+,24-/m0/s1. The number of rotatable bonds is 8. The second-order valence-electron chi connectivity index (χ2n) is 9.46. The van der Waals surface area contributed by atoms with Crippen LogP contribution in [0, 0.1) is 23.7 Å². The predicted molar refractivity (Wildman–Crippen MR) is 116 cm³/mol. The van der Waals surface area contributed by atoms with Crippen LogP contribution in [-0.4, -0.2) is 53.9 Å². The highest BCUT2D eigenvalue weighted by atomic mass is 16.5. The molecule has 1 aliphatic rings. The van der Waals surface area contributed by atoms with E-state index in [1.165, 1.54) is 32.2 Å². The zero-order chi connectivity index (χ0) is 24.2. The number of methoxy groups -OCH3 is 1. The van der Waals surface area contributed by atoms with Gasteiger partial charge >= 0.3 is 11.9 Å². The Hall–Kier alpha value is -2.61. The first-order valence-electron chi connectivity index (χ1n) is 10.8. The molecule has 0 saturated heterocycles. The molecule has 0 unspecified atom stereocenters. The van der Waals surface area contributed by atoms with Gasteiger partial charge in [-0.05, 0) is 36.5 Å². The van der Waals surface area contributed by atoms with Crippen molar-refractivity contribution in [1.29, 1.82) is 0 Å². The van der Waals surface area contributed by atoms with Gasteiger partial charge in [0.05, 0.1) is 31.8 Å². The van der Waals surface area contributed by atoms with Gasteiger partial charge in [0.2, 0.25) is 0 Å². The molecule has 8 nitrogen and oxygen atoms in total. The second kappa shape index (κ2) is 10.3. The van der Waals surface area contributed by atoms with Gasteiger partial charge in [-0.25, -0.2) is 0 Å². The number of phenols is 1. The van der Waals surface area contributed by atoms with Crippen LogP contribution in [0.25, 0.3) is 0 Å². The fourth-order valence-corrected chi connectivity index (χ4v) is 3.99. The molecule has 0 amide bonds. The number of carbonyl (C=O) groups is 3. The van der Waals surface area contributed by atoms with E-state index in [0.29, 0.717) is 5.56 Å². The first kappa shape index (κ1) is 25.6. The minimum Gasteiger partial charge on any atom is -0.504 e. The molecule has 1 aromatic rings. The van der Waals surface area contributed by atoms with Gasteiger partial charge in [-0.1, -0.05) is 33.8 Å². The lowest BCUT2D eigenvalue weighted by atomic mass is 9.61. The van der Waals surface area contributed by atoms with Crippen LogP contribution in [0.15, 0.2) is 18.2 Å². The lowest BCUT2D eigenvalue weighted by molar-refractivity contribution is -0.173. The van der Waals surface area contributed by atoms with Gasteiger partial charge in [0, 0.05) is 12.3 Å². The van der Waals surface area contributed by atoms with Crippen molar-refractivity contribution in [3.05, 3.63) is 23.8 Å². The predicted octanol–water partition coefficient (Wildman–Crippen LogP) is 2.84. The van der Waals surface area contributed by atoms with Gasteiger partial charge < -0.3 is 24.4 Å². The third-order valence-corrected chi connectivity index (χ3v) is 5.48. The van der Waals surface area contributed by atoms with Gasteiger partial charge in [0.15, 0.2) is 17.3 Å². The summed E-state index contributed by atoms with van der Waals surface area (Å²) in [7, 11) is 1.36. The Morgan fingerprint density at radius 2 is 1.66 bits per heavy atom. The zero-order valence-corrected chi connectivity index (χ0v) is 19.6. The average molecular weight is 451 g/mol. The normalized spacial score (nSPS) is 25.7. The molecule has 0 radical (unpaired) electrons. The average Bonchev–Trinajstić information content (AvgIpc) is 2.69. The van der Waals surface area contributed by atoms with E-state index in [1.807, 2.05) is 27.7 Å². The third kappa shape index (κ3) is 5.79. The lowest BCUT2D eigenvalue weighted by Crippen LogP contribution is -2.55. The van der Waals surface area contributed by atoms with E-state index in [4.69, 9.17) is 14.2 Å². The number of ketones is 1. The maximum absolute atomic E-state index is 13.1. The summed E-state index contributed by atoms with van der Waals surface area (Å²) in [5.74, 6) is -5.44. The molecule has 1 saturated carbocycles. The van der Waals surface area contributed by atoms with Crippen LogP contribution < -0.4 is 4.74 Å². The Kier molecular flexibility index (Phi) is 8.29. The number of aromatic hydroxyl groups is 1. The maximum atomic E-state index is 13.1. The minimum atomic E-state index is -1.74. The number of ether oxygens (including phenoxy) is 3. The topological polar surface area (TPSA) is 119 Å². The highest BCUT2D eigenvalue weighted by molar-refractivity contribution is 6.02. The summed E-state index contributed by atoms with van der Waals surface area (Å²) in [6.07, 6.45) is -0.387. The minimum absolute atomic E-state index is 0.0553.